The number of aliphatic carboxylic acids is 1. The molecule has 0 bridgehead atoms. The molecule has 0 radical (unpaired) electrons. The van der Waals surface area contributed by atoms with Crippen molar-refractivity contribution in [3.05, 3.63) is 41.2 Å². The van der Waals surface area contributed by atoms with E-state index in [0.29, 0.717) is 18.8 Å². The second kappa shape index (κ2) is 6.18. The van der Waals surface area contributed by atoms with Crippen LogP contribution in [0.15, 0.2) is 24.4 Å². The highest BCUT2D eigenvalue weighted by atomic mass is 16.5. The zero-order valence-electron chi connectivity index (χ0n) is 11.5. The van der Waals surface area contributed by atoms with Gasteiger partial charge in [0, 0.05) is 6.20 Å². The van der Waals surface area contributed by atoms with Gasteiger partial charge in [0.05, 0.1) is 18.7 Å². The van der Waals surface area contributed by atoms with Crippen LogP contribution >= 0.6 is 0 Å². The van der Waals surface area contributed by atoms with Gasteiger partial charge in [-0.3, -0.25) is 4.79 Å². The van der Waals surface area contributed by atoms with Gasteiger partial charge in [-0.05, 0) is 31.0 Å². The lowest BCUT2D eigenvalue weighted by Gasteiger charge is -2.09. The molecule has 6 nitrogen and oxygen atoms in total. The molecule has 1 N–H and O–H groups in total. The van der Waals surface area contributed by atoms with Crippen LogP contribution in [0.25, 0.3) is 0 Å². The van der Waals surface area contributed by atoms with Gasteiger partial charge in [-0.25, -0.2) is 4.68 Å². The van der Waals surface area contributed by atoms with Gasteiger partial charge in [0.25, 0.3) is 0 Å². The number of nitrogens with zero attached hydrogens (tertiary/aromatic N) is 3. The Balaban J connectivity index is 1.88. The Morgan fingerprint density at radius 3 is 2.95 bits per heavy atom. The molecule has 1 aromatic carbocycles. The van der Waals surface area contributed by atoms with Crippen molar-refractivity contribution in [1.82, 2.24) is 15.0 Å². The summed E-state index contributed by atoms with van der Waals surface area (Å²) in [5, 5.41) is 16.3. The fourth-order valence-corrected chi connectivity index (χ4v) is 1.80. The molecule has 1 aromatic heterocycles. The fraction of sp³-hybridized carbons (Fsp3) is 0.357. The quantitative estimate of drug-likeness (QED) is 0.866. The van der Waals surface area contributed by atoms with Gasteiger partial charge >= 0.3 is 5.97 Å². The SMILES string of the molecule is Cc1ccc(C)c(OCCn2cc(CC(=O)O)nn2)c1. The predicted octanol–water partition coefficient (Wildman–Crippen LogP) is 1.60. The smallest absolute Gasteiger partial charge is 0.309 e. The lowest BCUT2D eigenvalue weighted by Crippen LogP contribution is -2.09. The number of hydrogen-bond acceptors (Lipinski definition) is 4. The van der Waals surface area contributed by atoms with Crippen LogP contribution in [0.4, 0.5) is 0 Å². The van der Waals surface area contributed by atoms with Crippen molar-refractivity contribution >= 4 is 5.97 Å². The van der Waals surface area contributed by atoms with Gasteiger partial charge < -0.3 is 9.84 Å². The molecule has 0 fully saturated rings. The summed E-state index contributed by atoms with van der Waals surface area (Å²) in [5.74, 6) is -0.0560. The Labute approximate surface area is 117 Å². The molecule has 6 heteroatoms. The van der Waals surface area contributed by atoms with Crippen LogP contribution in [-0.2, 0) is 17.8 Å². The molecule has 106 valence electrons. The highest BCUT2D eigenvalue weighted by molar-refractivity contribution is 5.69. The van der Waals surface area contributed by atoms with E-state index in [4.69, 9.17) is 9.84 Å². The van der Waals surface area contributed by atoms with E-state index in [1.807, 2.05) is 32.0 Å². The van der Waals surface area contributed by atoms with E-state index >= 15 is 0 Å². The van der Waals surface area contributed by atoms with E-state index in [2.05, 4.69) is 10.3 Å². The number of benzene rings is 1. The maximum absolute atomic E-state index is 10.5. The lowest BCUT2D eigenvalue weighted by atomic mass is 10.1. The molecule has 0 aliphatic heterocycles. The zero-order chi connectivity index (χ0) is 14.5. The maximum atomic E-state index is 10.5. The molecule has 0 saturated heterocycles. The first-order chi connectivity index (χ1) is 9.54. The summed E-state index contributed by atoms with van der Waals surface area (Å²) in [6, 6.07) is 6.05. The minimum Gasteiger partial charge on any atom is -0.491 e. The molecule has 0 unspecified atom stereocenters. The second-order valence-electron chi connectivity index (χ2n) is 4.66. The largest absolute Gasteiger partial charge is 0.491 e. The monoisotopic (exact) mass is 275 g/mol. The van der Waals surface area contributed by atoms with Crippen LogP contribution in [0.1, 0.15) is 16.8 Å². The van der Waals surface area contributed by atoms with Crippen LogP contribution < -0.4 is 4.74 Å². The Morgan fingerprint density at radius 1 is 1.40 bits per heavy atom. The molecule has 2 aromatic rings. The minimum absolute atomic E-state index is 0.113. The highest BCUT2D eigenvalue weighted by Crippen LogP contribution is 2.18. The first-order valence-corrected chi connectivity index (χ1v) is 6.35. The van der Waals surface area contributed by atoms with E-state index in [9.17, 15) is 4.79 Å². The first-order valence-electron chi connectivity index (χ1n) is 6.35. The van der Waals surface area contributed by atoms with E-state index < -0.39 is 5.97 Å². The van der Waals surface area contributed by atoms with Gasteiger partial charge in [-0.1, -0.05) is 17.3 Å². The summed E-state index contributed by atoms with van der Waals surface area (Å²) in [4.78, 5) is 10.5. The summed E-state index contributed by atoms with van der Waals surface area (Å²) in [5.41, 5.74) is 2.68. The Hall–Kier alpha value is -2.37. The molecule has 20 heavy (non-hydrogen) atoms. The van der Waals surface area contributed by atoms with E-state index in [1.54, 1.807) is 10.9 Å². The van der Waals surface area contributed by atoms with Crippen LogP contribution in [-0.4, -0.2) is 32.7 Å². The third kappa shape index (κ3) is 3.81. The van der Waals surface area contributed by atoms with Crippen molar-refractivity contribution in [1.29, 1.82) is 0 Å². The molecule has 0 aliphatic rings. The summed E-state index contributed by atoms with van der Waals surface area (Å²) < 4.78 is 7.29. The summed E-state index contributed by atoms with van der Waals surface area (Å²) in [7, 11) is 0. The summed E-state index contributed by atoms with van der Waals surface area (Å²) in [6.07, 6.45) is 1.51. The Bertz CT molecular complexity index is 607. The molecule has 0 spiro atoms. The fourth-order valence-electron chi connectivity index (χ4n) is 1.80. The zero-order valence-corrected chi connectivity index (χ0v) is 11.5. The molecule has 1 heterocycles. The molecule has 2 rings (SSSR count). The minimum atomic E-state index is -0.913. The number of ether oxygens (including phenoxy) is 1. The van der Waals surface area contributed by atoms with E-state index in [1.165, 1.54) is 0 Å². The first kappa shape index (κ1) is 14.0. The number of aryl methyl sites for hydroxylation is 2. The molecule has 0 amide bonds. The normalized spacial score (nSPS) is 10.5. The number of carbonyl (C=O) groups is 1. The van der Waals surface area contributed by atoms with Crippen LogP contribution in [0.2, 0.25) is 0 Å². The van der Waals surface area contributed by atoms with Crippen molar-refractivity contribution < 1.29 is 14.6 Å². The molecular formula is C14H17N3O3. The van der Waals surface area contributed by atoms with Gasteiger partial charge in [0.1, 0.15) is 12.4 Å². The standard InChI is InChI=1S/C14H17N3O3/c1-10-3-4-11(2)13(7-10)20-6-5-17-9-12(15-16-17)8-14(18)19/h3-4,7,9H,5-6,8H2,1-2H3,(H,18,19). The van der Waals surface area contributed by atoms with Gasteiger partial charge in [0.15, 0.2) is 0 Å². The third-order valence-corrected chi connectivity index (χ3v) is 2.84. The van der Waals surface area contributed by atoms with Crippen molar-refractivity contribution in [3.8, 4) is 5.75 Å². The average molecular weight is 275 g/mol. The number of rotatable bonds is 6. The van der Waals surface area contributed by atoms with Crippen molar-refractivity contribution in [2.45, 2.75) is 26.8 Å². The number of carboxylic acid groups (broad SMARTS) is 1. The Kier molecular flexibility index (Phi) is 4.34. The van der Waals surface area contributed by atoms with Crippen LogP contribution in [0.5, 0.6) is 5.75 Å². The molecule has 0 atom stereocenters. The van der Waals surface area contributed by atoms with Crippen LogP contribution in [0.3, 0.4) is 0 Å². The van der Waals surface area contributed by atoms with Crippen molar-refractivity contribution in [2.75, 3.05) is 6.61 Å². The topological polar surface area (TPSA) is 77.2 Å². The van der Waals surface area contributed by atoms with Crippen molar-refractivity contribution in [2.24, 2.45) is 0 Å². The third-order valence-electron chi connectivity index (χ3n) is 2.84. The summed E-state index contributed by atoms with van der Waals surface area (Å²) >= 11 is 0. The van der Waals surface area contributed by atoms with Gasteiger partial charge in [-0.2, -0.15) is 0 Å². The second-order valence-corrected chi connectivity index (χ2v) is 4.66. The number of hydrogen-bond donors (Lipinski definition) is 1. The van der Waals surface area contributed by atoms with E-state index in [-0.39, 0.29) is 6.42 Å². The molecular weight excluding hydrogens is 258 g/mol. The maximum Gasteiger partial charge on any atom is 0.309 e. The molecule has 0 aliphatic carbocycles. The Morgan fingerprint density at radius 2 is 2.20 bits per heavy atom. The highest BCUT2D eigenvalue weighted by Gasteiger charge is 2.06. The number of aromatic nitrogens is 3. The number of carboxylic acids is 1. The van der Waals surface area contributed by atoms with Gasteiger partial charge in [-0.15, -0.1) is 5.10 Å². The lowest BCUT2D eigenvalue weighted by molar-refractivity contribution is -0.136. The van der Waals surface area contributed by atoms with Crippen molar-refractivity contribution in [3.63, 3.8) is 0 Å². The predicted molar refractivity (Wildman–Crippen MR) is 72.8 cm³/mol. The van der Waals surface area contributed by atoms with E-state index in [0.717, 1.165) is 16.9 Å². The average Bonchev–Trinajstić information content (AvgIpc) is 2.80. The van der Waals surface area contributed by atoms with Gasteiger partial charge in [0.2, 0.25) is 0 Å². The van der Waals surface area contributed by atoms with Crippen LogP contribution in [0, 0.1) is 13.8 Å². The summed E-state index contributed by atoms with van der Waals surface area (Å²) in [6.45, 7) is 5.00. The molecule has 0 saturated carbocycles.